The molecule has 1 aliphatic heterocycles. The van der Waals surface area contributed by atoms with Gasteiger partial charge in [0.25, 0.3) is 0 Å². The van der Waals surface area contributed by atoms with Gasteiger partial charge in [-0.05, 0) is 65.0 Å². The summed E-state index contributed by atoms with van der Waals surface area (Å²) in [7, 11) is 0. The molecule has 0 unspecified atom stereocenters. The molecule has 3 aromatic heterocycles. The lowest BCUT2D eigenvalue weighted by molar-refractivity contribution is 1.08. The molecule has 4 heteroatoms. The van der Waals surface area contributed by atoms with Crippen molar-refractivity contribution in [2.45, 2.75) is 0 Å². The fraction of sp³-hybridized carbons (Fsp3) is 0. The summed E-state index contributed by atoms with van der Waals surface area (Å²) in [6.07, 6.45) is 8.20. The van der Waals surface area contributed by atoms with Crippen molar-refractivity contribution in [3.63, 3.8) is 0 Å². The summed E-state index contributed by atoms with van der Waals surface area (Å²) in [5.41, 5.74) is 9.96. The third-order valence-corrected chi connectivity index (χ3v) is 8.63. The molecule has 1 aliphatic rings. The quantitative estimate of drug-likeness (QED) is 0.215. The molecule has 4 nitrogen and oxygen atoms in total. The third-order valence-electron chi connectivity index (χ3n) is 8.63. The van der Waals surface area contributed by atoms with E-state index in [2.05, 4.69) is 143 Å². The fourth-order valence-electron chi connectivity index (χ4n) is 6.63. The molecule has 0 saturated carbocycles. The van der Waals surface area contributed by atoms with E-state index in [1.54, 1.807) is 0 Å². The first kappa shape index (κ1) is 24.6. The van der Waals surface area contributed by atoms with Crippen LogP contribution < -0.4 is 4.90 Å². The molecule has 0 spiro atoms. The number of hydrogen-bond donors (Lipinski definition) is 0. The van der Waals surface area contributed by atoms with E-state index in [9.17, 15) is 0 Å². The highest BCUT2D eigenvalue weighted by molar-refractivity contribution is 6.10. The summed E-state index contributed by atoms with van der Waals surface area (Å²) in [5, 5.41) is 4.74. The Labute approximate surface area is 254 Å². The number of benzene rings is 5. The van der Waals surface area contributed by atoms with E-state index in [4.69, 9.17) is 9.97 Å². The van der Waals surface area contributed by atoms with Crippen LogP contribution in [-0.2, 0) is 0 Å². The van der Waals surface area contributed by atoms with Crippen molar-refractivity contribution in [3.8, 4) is 17.1 Å². The maximum Gasteiger partial charge on any atom is 0.137 e. The Morgan fingerprint density at radius 1 is 0.477 bits per heavy atom. The van der Waals surface area contributed by atoms with E-state index < -0.39 is 0 Å². The molecule has 9 rings (SSSR count). The average molecular weight is 563 g/mol. The van der Waals surface area contributed by atoms with Crippen LogP contribution in [0.1, 0.15) is 11.1 Å². The number of rotatable bonds is 3. The molecule has 0 bridgehead atoms. The molecular weight excluding hydrogens is 536 g/mol. The molecular formula is C40H26N4. The Kier molecular flexibility index (Phi) is 5.47. The summed E-state index contributed by atoms with van der Waals surface area (Å²) >= 11 is 0. The van der Waals surface area contributed by atoms with E-state index in [-0.39, 0.29) is 0 Å². The predicted octanol–water partition coefficient (Wildman–Crippen LogP) is 10.3. The molecule has 0 radical (unpaired) electrons. The first-order chi connectivity index (χ1) is 21.8. The van der Waals surface area contributed by atoms with Gasteiger partial charge in [0.1, 0.15) is 5.82 Å². The van der Waals surface area contributed by atoms with Gasteiger partial charge in [0, 0.05) is 39.8 Å². The largest absolute Gasteiger partial charge is 0.309 e. The van der Waals surface area contributed by atoms with Crippen molar-refractivity contribution >= 4 is 61.8 Å². The zero-order valence-corrected chi connectivity index (χ0v) is 23.8. The van der Waals surface area contributed by atoms with Gasteiger partial charge >= 0.3 is 0 Å². The summed E-state index contributed by atoms with van der Waals surface area (Å²) < 4.78 is 2.27. The second-order valence-corrected chi connectivity index (χ2v) is 11.1. The van der Waals surface area contributed by atoms with Gasteiger partial charge in [0.15, 0.2) is 0 Å². The normalized spacial score (nSPS) is 12.4. The van der Waals surface area contributed by atoms with Crippen molar-refractivity contribution in [2.24, 2.45) is 0 Å². The minimum Gasteiger partial charge on any atom is -0.309 e. The topological polar surface area (TPSA) is 34.0 Å². The molecule has 0 aliphatic carbocycles. The highest BCUT2D eigenvalue weighted by Crippen LogP contribution is 2.45. The molecule has 0 N–H and O–H groups in total. The maximum atomic E-state index is 4.86. The van der Waals surface area contributed by atoms with E-state index in [0.717, 1.165) is 56.1 Å². The highest BCUT2D eigenvalue weighted by atomic mass is 15.2. The number of hydrogen-bond acceptors (Lipinski definition) is 3. The average Bonchev–Trinajstić information content (AvgIpc) is 3.32. The molecule has 0 atom stereocenters. The van der Waals surface area contributed by atoms with Crippen molar-refractivity contribution in [2.75, 3.05) is 4.90 Å². The Balaban J connectivity index is 1.31. The SMILES string of the molecule is C1=Cc2ccc(-c3nccc4ccccc34)cc2N(c2ccc3c4ccccc4n(-c4ccccn4)c3c2)c2ccccc21. The molecule has 4 heterocycles. The van der Waals surface area contributed by atoms with Gasteiger partial charge in [0.2, 0.25) is 0 Å². The van der Waals surface area contributed by atoms with Gasteiger partial charge in [-0.25, -0.2) is 4.98 Å². The Bertz CT molecular complexity index is 2400. The van der Waals surface area contributed by atoms with Crippen molar-refractivity contribution in [1.29, 1.82) is 0 Å². The second-order valence-electron chi connectivity index (χ2n) is 11.1. The van der Waals surface area contributed by atoms with E-state index in [0.29, 0.717) is 0 Å². The van der Waals surface area contributed by atoms with Gasteiger partial charge in [-0.2, -0.15) is 0 Å². The highest BCUT2D eigenvalue weighted by Gasteiger charge is 2.23. The van der Waals surface area contributed by atoms with Gasteiger partial charge in [0.05, 0.1) is 28.1 Å². The monoisotopic (exact) mass is 562 g/mol. The Morgan fingerprint density at radius 2 is 1.25 bits per heavy atom. The van der Waals surface area contributed by atoms with Crippen LogP contribution >= 0.6 is 0 Å². The van der Waals surface area contributed by atoms with E-state index in [1.165, 1.54) is 21.7 Å². The summed E-state index contributed by atoms with van der Waals surface area (Å²) in [5.74, 6) is 0.901. The van der Waals surface area contributed by atoms with E-state index in [1.807, 2.05) is 24.5 Å². The molecule has 8 aromatic rings. The van der Waals surface area contributed by atoms with Crippen LogP contribution in [-0.4, -0.2) is 14.5 Å². The molecule has 5 aromatic carbocycles. The molecule has 206 valence electrons. The Hall–Kier alpha value is -6.00. The van der Waals surface area contributed by atoms with Crippen molar-refractivity contribution < 1.29 is 0 Å². The predicted molar refractivity (Wildman–Crippen MR) is 183 cm³/mol. The van der Waals surface area contributed by atoms with Crippen molar-refractivity contribution in [1.82, 2.24) is 14.5 Å². The van der Waals surface area contributed by atoms with Crippen LogP contribution in [0, 0.1) is 0 Å². The number of aromatic nitrogens is 3. The van der Waals surface area contributed by atoms with Crippen LogP contribution in [0.4, 0.5) is 17.1 Å². The van der Waals surface area contributed by atoms with Crippen LogP contribution in [0.15, 0.2) is 146 Å². The first-order valence-corrected chi connectivity index (χ1v) is 14.8. The number of para-hydroxylation sites is 2. The number of fused-ring (bicyclic) bond motifs is 6. The molecule has 0 saturated heterocycles. The van der Waals surface area contributed by atoms with E-state index >= 15 is 0 Å². The summed E-state index contributed by atoms with van der Waals surface area (Å²) in [4.78, 5) is 12.0. The number of nitrogens with zero attached hydrogens (tertiary/aromatic N) is 4. The zero-order chi connectivity index (χ0) is 29.0. The van der Waals surface area contributed by atoms with Crippen LogP contribution in [0.5, 0.6) is 0 Å². The van der Waals surface area contributed by atoms with Gasteiger partial charge < -0.3 is 4.90 Å². The second kappa shape index (κ2) is 9.79. The van der Waals surface area contributed by atoms with Gasteiger partial charge in [-0.3, -0.25) is 9.55 Å². The van der Waals surface area contributed by atoms with Gasteiger partial charge in [-0.1, -0.05) is 97.1 Å². The lowest BCUT2D eigenvalue weighted by atomic mass is 10.0. The lowest BCUT2D eigenvalue weighted by Gasteiger charge is -2.28. The smallest absolute Gasteiger partial charge is 0.137 e. The minimum atomic E-state index is 0.901. The zero-order valence-electron chi connectivity index (χ0n) is 23.8. The third kappa shape index (κ3) is 3.78. The molecule has 0 amide bonds. The summed E-state index contributed by atoms with van der Waals surface area (Å²) in [6, 6.07) is 47.3. The number of pyridine rings is 2. The first-order valence-electron chi connectivity index (χ1n) is 14.8. The molecule has 44 heavy (non-hydrogen) atoms. The fourth-order valence-corrected chi connectivity index (χ4v) is 6.63. The van der Waals surface area contributed by atoms with Crippen molar-refractivity contribution in [3.05, 3.63) is 157 Å². The van der Waals surface area contributed by atoms with Crippen LogP contribution in [0.2, 0.25) is 0 Å². The molecule has 0 fully saturated rings. The minimum absolute atomic E-state index is 0.901. The maximum absolute atomic E-state index is 4.86. The van der Waals surface area contributed by atoms with Crippen LogP contribution in [0.25, 0.3) is 61.8 Å². The standard InChI is InChI=1S/C40H26N4/c1-3-11-32-27(9-1)22-24-42-40(32)30-19-18-29-17-16-28-10-2-5-13-35(28)43(37(29)25-30)31-20-21-34-33-12-4-6-14-36(33)44(38(34)26-31)39-15-7-8-23-41-39/h1-26H. The van der Waals surface area contributed by atoms with Gasteiger partial charge in [-0.15, -0.1) is 0 Å². The number of anilines is 3. The Morgan fingerprint density at radius 3 is 2.16 bits per heavy atom. The summed E-state index contributed by atoms with van der Waals surface area (Å²) in [6.45, 7) is 0. The lowest BCUT2D eigenvalue weighted by Crippen LogP contribution is -2.12. The van der Waals surface area contributed by atoms with Crippen LogP contribution in [0.3, 0.4) is 0 Å².